The average Bonchev–Trinajstić information content (AvgIpc) is 3.36. The van der Waals surface area contributed by atoms with Crippen LogP contribution in [0.25, 0.3) is 0 Å². The molecule has 2 unspecified atom stereocenters. The van der Waals surface area contributed by atoms with Crippen molar-refractivity contribution < 1.29 is 23.8 Å². The topological polar surface area (TPSA) is 73.9 Å². The number of ether oxygens (including phenoxy) is 3. The van der Waals surface area contributed by atoms with Gasteiger partial charge in [0.15, 0.2) is 17.3 Å². The Morgan fingerprint density at radius 1 is 1.03 bits per heavy atom. The maximum Gasteiger partial charge on any atom is 0.235 e. The highest BCUT2D eigenvalue weighted by Gasteiger charge is 2.63. The van der Waals surface area contributed by atoms with E-state index in [4.69, 9.17) is 14.2 Å². The van der Waals surface area contributed by atoms with E-state index in [0.29, 0.717) is 23.7 Å². The smallest absolute Gasteiger partial charge is 0.235 e. The lowest BCUT2D eigenvalue weighted by Gasteiger charge is -2.49. The van der Waals surface area contributed by atoms with Gasteiger partial charge in [-0.3, -0.25) is 9.59 Å². The van der Waals surface area contributed by atoms with Gasteiger partial charge in [-0.05, 0) is 55.7 Å². The van der Waals surface area contributed by atoms with Crippen LogP contribution >= 0.6 is 0 Å². The molecule has 1 aliphatic carbocycles. The van der Waals surface area contributed by atoms with Gasteiger partial charge in [0.25, 0.3) is 0 Å². The number of Topliss-reactive ketones (excluding diaryl/α,β-unsaturated/α-hetero) is 1. The molecule has 2 aliphatic rings. The standard InChI is InChI=1S/C29H29NO5/c1-4-29(3)26(31)24(27(29)35-21-13-10-18(2)11-14-21)28(32)30-25(19-8-6-5-7-9-19)20-12-15-22-23(16-20)34-17-33-22/h5-16,24-25,27H,4,17H2,1-3H3,(H,30,32)/t24?,25-,27-,29?/m1/s1. The highest BCUT2D eigenvalue weighted by molar-refractivity contribution is 6.10. The second-order valence-corrected chi connectivity index (χ2v) is 9.43. The zero-order valence-electron chi connectivity index (χ0n) is 20.1. The molecule has 180 valence electrons. The van der Waals surface area contributed by atoms with Gasteiger partial charge in [-0.15, -0.1) is 0 Å². The molecule has 0 saturated heterocycles. The summed E-state index contributed by atoms with van der Waals surface area (Å²) >= 11 is 0. The Morgan fingerprint density at radius 3 is 2.46 bits per heavy atom. The third kappa shape index (κ3) is 4.14. The van der Waals surface area contributed by atoms with Crippen LogP contribution in [0.3, 0.4) is 0 Å². The van der Waals surface area contributed by atoms with Crippen molar-refractivity contribution >= 4 is 11.7 Å². The van der Waals surface area contributed by atoms with Crippen LogP contribution in [0.4, 0.5) is 0 Å². The zero-order valence-corrected chi connectivity index (χ0v) is 20.1. The third-order valence-corrected chi connectivity index (χ3v) is 7.23. The number of fused-ring (bicyclic) bond motifs is 1. The molecule has 1 aliphatic heterocycles. The van der Waals surface area contributed by atoms with E-state index in [1.807, 2.05) is 93.6 Å². The van der Waals surface area contributed by atoms with Crippen molar-refractivity contribution in [2.75, 3.05) is 6.79 Å². The number of ketones is 1. The molecule has 6 nitrogen and oxygen atoms in total. The summed E-state index contributed by atoms with van der Waals surface area (Å²) in [5, 5.41) is 3.12. The van der Waals surface area contributed by atoms with Gasteiger partial charge in [-0.2, -0.15) is 0 Å². The quantitative estimate of drug-likeness (QED) is 0.492. The van der Waals surface area contributed by atoms with Gasteiger partial charge < -0.3 is 19.5 Å². The normalized spacial score (nSPS) is 23.3. The first-order valence-electron chi connectivity index (χ1n) is 11.9. The molecular weight excluding hydrogens is 442 g/mol. The van der Waals surface area contributed by atoms with Crippen LogP contribution in [0.2, 0.25) is 0 Å². The number of aryl methyl sites for hydroxylation is 1. The molecule has 1 fully saturated rings. The number of hydrogen-bond donors (Lipinski definition) is 1. The molecule has 1 saturated carbocycles. The molecule has 1 heterocycles. The predicted molar refractivity (Wildman–Crippen MR) is 131 cm³/mol. The summed E-state index contributed by atoms with van der Waals surface area (Å²) in [6.07, 6.45) is 0.0482. The molecule has 4 atom stereocenters. The Bertz CT molecular complexity index is 1240. The Hall–Kier alpha value is -3.80. The molecule has 6 heteroatoms. The van der Waals surface area contributed by atoms with Crippen molar-refractivity contribution in [3.05, 3.63) is 89.5 Å². The maximum atomic E-state index is 13.6. The van der Waals surface area contributed by atoms with Crippen molar-refractivity contribution in [3.8, 4) is 17.2 Å². The fourth-order valence-electron chi connectivity index (χ4n) is 4.83. The Kier molecular flexibility index (Phi) is 5.97. The predicted octanol–water partition coefficient (Wildman–Crippen LogP) is 4.99. The van der Waals surface area contributed by atoms with Gasteiger partial charge in [0.05, 0.1) is 11.5 Å². The Morgan fingerprint density at radius 2 is 1.74 bits per heavy atom. The van der Waals surface area contributed by atoms with Crippen LogP contribution in [0.1, 0.15) is 43.0 Å². The largest absolute Gasteiger partial charge is 0.488 e. The highest BCUT2D eigenvalue weighted by atomic mass is 16.7. The van der Waals surface area contributed by atoms with E-state index < -0.39 is 23.5 Å². The summed E-state index contributed by atoms with van der Waals surface area (Å²) in [7, 11) is 0. The molecule has 0 spiro atoms. The summed E-state index contributed by atoms with van der Waals surface area (Å²) < 4.78 is 17.2. The molecule has 1 amide bonds. The highest BCUT2D eigenvalue weighted by Crippen LogP contribution is 2.47. The van der Waals surface area contributed by atoms with E-state index in [0.717, 1.165) is 16.7 Å². The molecular formula is C29H29NO5. The zero-order chi connectivity index (χ0) is 24.6. The summed E-state index contributed by atoms with van der Waals surface area (Å²) in [5.74, 6) is 0.641. The van der Waals surface area contributed by atoms with Gasteiger partial charge in [0, 0.05) is 0 Å². The van der Waals surface area contributed by atoms with Crippen LogP contribution in [-0.4, -0.2) is 24.6 Å². The molecule has 3 aromatic rings. The van der Waals surface area contributed by atoms with Crippen LogP contribution in [0, 0.1) is 18.3 Å². The van der Waals surface area contributed by atoms with Crippen molar-refractivity contribution in [2.24, 2.45) is 11.3 Å². The molecule has 0 bridgehead atoms. The van der Waals surface area contributed by atoms with Crippen molar-refractivity contribution in [1.29, 1.82) is 0 Å². The van der Waals surface area contributed by atoms with E-state index in [1.165, 1.54) is 0 Å². The minimum absolute atomic E-state index is 0.0906. The number of rotatable bonds is 7. The number of carbonyl (C=O) groups excluding carboxylic acids is 2. The first kappa shape index (κ1) is 23.0. The number of hydrogen-bond acceptors (Lipinski definition) is 5. The Labute approximate surface area is 205 Å². The number of amides is 1. The third-order valence-electron chi connectivity index (χ3n) is 7.23. The molecule has 3 aromatic carbocycles. The van der Waals surface area contributed by atoms with Crippen LogP contribution in [-0.2, 0) is 9.59 Å². The minimum Gasteiger partial charge on any atom is -0.488 e. The maximum absolute atomic E-state index is 13.6. The second-order valence-electron chi connectivity index (χ2n) is 9.43. The van der Waals surface area contributed by atoms with Gasteiger partial charge in [0.1, 0.15) is 17.8 Å². The van der Waals surface area contributed by atoms with E-state index in [1.54, 1.807) is 0 Å². The fraction of sp³-hybridized carbons (Fsp3) is 0.310. The monoisotopic (exact) mass is 471 g/mol. The van der Waals surface area contributed by atoms with Gasteiger partial charge >= 0.3 is 0 Å². The molecule has 1 N–H and O–H groups in total. The van der Waals surface area contributed by atoms with Crippen LogP contribution in [0.5, 0.6) is 17.2 Å². The van der Waals surface area contributed by atoms with Crippen LogP contribution in [0.15, 0.2) is 72.8 Å². The lowest BCUT2D eigenvalue weighted by molar-refractivity contribution is -0.170. The summed E-state index contributed by atoms with van der Waals surface area (Å²) in [5.41, 5.74) is 2.15. The van der Waals surface area contributed by atoms with Gasteiger partial charge in [-0.25, -0.2) is 0 Å². The molecule has 0 radical (unpaired) electrons. The van der Waals surface area contributed by atoms with Crippen LogP contribution < -0.4 is 19.5 Å². The summed E-state index contributed by atoms with van der Waals surface area (Å²) in [4.78, 5) is 26.9. The van der Waals surface area contributed by atoms with Crippen molar-refractivity contribution in [2.45, 2.75) is 39.3 Å². The van der Waals surface area contributed by atoms with E-state index in [-0.39, 0.29) is 18.5 Å². The van der Waals surface area contributed by atoms with Crippen molar-refractivity contribution in [1.82, 2.24) is 5.32 Å². The molecule has 0 aromatic heterocycles. The van der Waals surface area contributed by atoms with Gasteiger partial charge in [0.2, 0.25) is 12.7 Å². The number of carbonyl (C=O) groups is 2. The average molecular weight is 472 g/mol. The minimum atomic E-state index is -0.888. The number of benzene rings is 3. The van der Waals surface area contributed by atoms with E-state index >= 15 is 0 Å². The first-order chi connectivity index (χ1) is 16.9. The molecule has 35 heavy (non-hydrogen) atoms. The summed E-state index contributed by atoms with van der Waals surface area (Å²) in [6.45, 7) is 6.01. The SMILES string of the molecule is CCC1(C)C(=O)C(C(=O)N[C@H](c2ccccc2)c2ccc3c(c2)OCO3)[C@H]1Oc1ccc(C)cc1. The van der Waals surface area contributed by atoms with Gasteiger partial charge in [-0.1, -0.05) is 61.0 Å². The summed E-state index contributed by atoms with van der Waals surface area (Å²) in [6, 6.07) is 22.5. The van der Waals surface area contributed by atoms with E-state index in [9.17, 15) is 9.59 Å². The van der Waals surface area contributed by atoms with Crippen molar-refractivity contribution in [3.63, 3.8) is 0 Å². The molecule has 5 rings (SSSR count). The Balaban J connectivity index is 1.43. The van der Waals surface area contributed by atoms with E-state index in [2.05, 4.69) is 5.32 Å². The lowest BCUT2D eigenvalue weighted by Crippen LogP contribution is -2.67. The lowest BCUT2D eigenvalue weighted by atomic mass is 9.57. The second kappa shape index (κ2) is 9.10. The number of nitrogens with one attached hydrogen (secondary N) is 1. The first-order valence-corrected chi connectivity index (χ1v) is 11.9. The fourth-order valence-corrected chi connectivity index (χ4v) is 4.83.